The van der Waals surface area contributed by atoms with Gasteiger partial charge in [-0.05, 0) is 48.4 Å². The number of rotatable bonds is 7. The lowest BCUT2D eigenvalue weighted by Gasteiger charge is -2.40. The van der Waals surface area contributed by atoms with Crippen LogP contribution in [0.25, 0.3) is 0 Å². The summed E-state index contributed by atoms with van der Waals surface area (Å²) in [4.78, 5) is 31.5. The van der Waals surface area contributed by atoms with Crippen molar-refractivity contribution in [2.75, 3.05) is 49.5 Å². The van der Waals surface area contributed by atoms with Gasteiger partial charge < -0.3 is 15.1 Å². The zero-order chi connectivity index (χ0) is 24.9. The highest BCUT2D eigenvalue weighted by atomic mass is 35.5. The molecule has 0 bridgehead atoms. The molecule has 5 rings (SSSR count). The molecule has 1 unspecified atom stereocenters. The Balaban J connectivity index is 1.20. The lowest BCUT2D eigenvalue weighted by molar-refractivity contribution is -0.124. The third kappa shape index (κ3) is 5.62. The molecule has 3 aromatic rings. The maximum Gasteiger partial charge on any atom is 0.236 e. The Bertz CT molecular complexity index is 1190. The molecule has 2 aliphatic rings. The molecule has 3 aromatic carbocycles. The number of fused-ring (bicyclic) bond motifs is 1. The first-order valence-electron chi connectivity index (χ1n) is 12.5. The number of hydrogen-bond donors (Lipinski definition) is 1. The van der Waals surface area contributed by atoms with Crippen LogP contribution >= 0.6 is 11.6 Å². The molecule has 0 spiro atoms. The van der Waals surface area contributed by atoms with Crippen molar-refractivity contribution in [3.8, 4) is 0 Å². The highest BCUT2D eigenvalue weighted by Crippen LogP contribution is 2.31. The molecule has 186 valence electrons. The number of amides is 2. The van der Waals surface area contributed by atoms with Crippen molar-refractivity contribution in [1.82, 2.24) is 9.80 Å². The predicted molar refractivity (Wildman–Crippen MR) is 144 cm³/mol. The molecule has 0 aromatic heterocycles. The number of nitrogens with zero attached hydrogens (tertiary/aromatic N) is 3. The molecule has 2 amide bonds. The maximum atomic E-state index is 12.7. The smallest absolute Gasteiger partial charge is 0.236 e. The number of carbonyl (C=O) groups is 2. The van der Waals surface area contributed by atoms with Gasteiger partial charge in [-0.2, -0.15) is 0 Å². The van der Waals surface area contributed by atoms with Gasteiger partial charge in [0.1, 0.15) is 6.42 Å². The summed E-state index contributed by atoms with van der Waals surface area (Å²) >= 11 is 6.16. The number of benzene rings is 3. The van der Waals surface area contributed by atoms with Crippen molar-refractivity contribution >= 4 is 34.8 Å². The van der Waals surface area contributed by atoms with Gasteiger partial charge in [0.25, 0.3) is 0 Å². The largest absolute Gasteiger partial charge is 0.324 e. The zero-order valence-electron chi connectivity index (χ0n) is 20.3. The van der Waals surface area contributed by atoms with Crippen molar-refractivity contribution in [2.24, 2.45) is 0 Å². The molecule has 2 heterocycles. The van der Waals surface area contributed by atoms with Gasteiger partial charge in [-0.25, -0.2) is 0 Å². The van der Waals surface area contributed by atoms with Gasteiger partial charge in [-0.3, -0.25) is 14.5 Å². The summed E-state index contributed by atoms with van der Waals surface area (Å²) in [6, 6.07) is 26.6. The van der Waals surface area contributed by atoms with Crippen LogP contribution in [0.5, 0.6) is 0 Å². The molecule has 6 nitrogen and oxygen atoms in total. The summed E-state index contributed by atoms with van der Waals surface area (Å²) in [6.45, 7) is 5.39. The second-order valence-corrected chi connectivity index (χ2v) is 9.82. The van der Waals surface area contributed by atoms with Crippen molar-refractivity contribution in [3.05, 3.63) is 95.0 Å². The summed E-state index contributed by atoms with van der Waals surface area (Å²) in [6.07, 6.45) is 0.743. The normalized spacial score (nSPS) is 17.9. The Morgan fingerprint density at radius 2 is 1.44 bits per heavy atom. The molecule has 7 heteroatoms. The second kappa shape index (κ2) is 11.2. The van der Waals surface area contributed by atoms with E-state index in [2.05, 4.69) is 57.6 Å². The van der Waals surface area contributed by atoms with Gasteiger partial charge in [0.2, 0.25) is 11.8 Å². The molecule has 2 aliphatic heterocycles. The van der Waals surface area contributed by atoms with Gasteiger partial charge in [0.15, 0.2) is 0 Å². The molecular formula is C29H31ClN4O2. The van der Waals surface area contributed by atoms with Crippen molar-refractivity contribution < 1.29 is 9.59 Å². The van der Waals surface area contributed by atoms with Crippen LogP contribution in [-0.4, -0.2) is 60.9 Å². The third-order valence-electron chi connectivity index (χ3n) is 7.01. The zero-order valence-corrected chi connectivity index (χ0v) is 21.0. The highest BCUT2D eigenvalue weighted by Gasteiger charge is 2.28. The van der Waals surface area contributed by atoms with Gasteiger partial charge >= 0.3 is 0 Å². The summed E-state index contributed by atoms with van der Waals surface area (Å²) < 4.78 is 0. The molecule has 1 saturated heterocycles. The van der Waals surface area contributed by atoms with Crippen LogP contribution in [0, 0.1) is 0 Å². The first-order chi connectivity index (χ1) is 17.6. The number of halogens is 1. The minimum atomic E-state index is -0.250. The number of nitrogens with one attached hydrogen (secondary N) is 1. The van der Waals surface area contributed by atoms with E-state index >= 15 is 0 Å². The summed E-state index contributed by atoms with van der Waals surface area (Å²) in [5.74, 6) is -0.393. The van der Waals surface area contributed by atoms with E-state index in [1.54, 1.807) is 4.90 Å². The quantitative estimate of drug-likeness (QED) is 0.471. The Morgan fingerprint density at radius 1 is 0.778 bits per heavy atom. The summed E-state index contributed by atoms with van der Waals surface area (Å²) in [5, 5.41) is 3.59. The number of para-hydroxylation sites is 2. The van der Waals surface area contributed by atoms with Gasteiger partial charge in [-0.15, -0.1) is 0 Å². The lowest BCUT2D eigenvalue weighted by atomic mass is 9.96. The number of anilines is 2. The van der Waals surface area contributed by atoms with E-state index in [1.165, 1.54) is 11.1 Å². The number of hydrogen-bond acceptors (Lipinski definition) is 4. The molecule has 1 atom stereocenters. The highest BCUT2D eigenvalue weighted by molar-refractivity contribution is 6.30. The molecule has 0 aliphatic carbocycles. The Labute approximate surface area is 217 Å². The van der Waals surface area contributed by atoms with Gasteiger partial charge in [0.05, 0.1) is 17.4 Å². The Kier molecular flexibility index (Phi) is 7.66. The average molecular weight is 503 g/mol. The van der Waals surface area contributed by atoms with E-state index in [1.807, 2.05) is 36.4 Å². The number of carbonyl (C=O) groups excluding carboxylic acids is 2. The monoisotopic (exact) mass is 502 g/mol. The minimum absolute atomic E-state index is 0.112. The molecule has 36 heavy (non-hydrogen) atoms. The first-order valence-corrected chi connectivity index (χ1v) is 12.9. The standard InChI is InChI=1S/C29H31ClN4O2/c30-24-13-11-23(12-14-24)29(22-7-2-1-3-8-22)33-19-17-32(18-20-33)15-6-16-34-26-10-5-4-9-25(26)31-27(35)21-28(34)36/h1-5,7-14,29H,6,15-21H2,(H,31,35). The topological polar surface area (TPSA) is 55.9 Å². The molecular weight excluding hydrogens is 472 g/mol. The fourth-order valence-electron chi connectivity index (χ4n) is 5.21. The van der Waals surface area contributed by atoms with E-state index in [-0.39, 0.29) is 24.3 Å². The van der Waals surface area contributed by atoms with E-state index in [0.717, 1.165) is 49.9 Å². The Hall–Kier alpha value is -3.19. The fourth-order valence-corrected chi connectivity index (χ4v) is 5.34. The molecule has 0 radical (unpaired) electrons. The third-order valence-corrected chi connectivity index (χ3v) is 7.26. The van der Waals surface area contributed by atoms with Gasteiger partial charge in [0, 0.05) is 37.7 Å². The van der Waals surface area contributed by atoms with E-state index in [4.69, 9.17) is 11.6 Å². The van der Waals surface area contributed by atoms with Crippen molar-refractivity contribution in [1.29, 1.82) is 0 Å². The Morgan fingerprint density at radius 3 is 2.19 bits per heavy atom. The summed E-state index contributed by atoms with van der Waals surface area (Å²) in [7, 11) is 0. The van der Waals surface area contributed by atoms with Crippen LogP contribution in [0.1, 0.15) is 30.0 Å². The van der Waals surface area contributed by atoms with Gasteiger partial charge in [-0.1, -0.05) is 66.2 Å². The van der Waals surface area contributed by atoms with E-state index in [9.17, 15) is 9.59 Å². The van der Waals surface area contributed by atoms with Crippen LogP contribution in [-0.2, 0) is 9.59 Å². The van der Waals surface area contributed by atoms with E-state index in [0.29, 0.717) is 12.2 Å². The van der Waals surface area contributed by atoms with E-state index < -0.39 is 0 Å². The first kappa shape index (κ1) is 24.5. The predicted octanol–water partition coefficient (Wildman–Crippen LogP) is 4.81. The average Bonchev–Trinajstić information content (AvgIpc) is 3.01. The number of piperazine rings is 1. The molecule has 0 saturated carbocycles. The van der Waals surface area contributed by atoms with Crippen LogP contribution in [0.4, 0.5) is 11.4 Å². The van der Waals surface area contributed by atoms with Crippen LogP contribution in [0.2, 0.25) is 5.02 Å². The molecule has 1 fully saturated rings. The summed E-state index contributed by atoms with van der Waals surface area (Å²) in [5.41, 5.74) is 4.03. The maximum absolute atomic E-state index is 12.7. The lowest BCUT2D eigenvalue weighted by Crippen LogP contribution is -2.48. The molecule has 1 N–H and O–H groups in total. The van der Waals surface area contributed by atoms with Crippen molar-refractivity contribution in [2.45, 2.75) is 18.9 Å². The SMILES string of the molecule is O=C1CC(=O)N(CCCN2CCN(C(c3ccccc3)c3ccc(Cl)cc3)CC2)c2ccccc2N1. The van der Waals surface area contributed by atoms with Crippen molar-refractivity contribution in [3.63, 3.8) is 0 Å². The second-order valence-electron chi connectivity index (χ2n) is 9.38. The fraction of sp³-hybridized carbons (Fsp3) is 0.310. The minimum Gasteiger partial charge on any atom is -0.324 e. The van der Waals surface area contributed by atoms with Crippen LogP contribution in [0.15, 0.2) is 78.9 Å². The van der Waals surface area contributed by atoms with Crippen LogP contribution < -0.4 is 10.2 Å². The van der Waals surface area contributed by atoms with Crippen LogP contribution in [0.3, 0.4) is 0 Å².